The topological polar surface area (TPSA) is 120 Å². The fourth-order valence-electron chi connectivity index (χ4n) is 2.82. The zero-order chi connectivity index (χ0) is 22.4. The van der Waals surface area contributed by atoms with Gasteiger partial charge in [-0.3, -0.25) is 5.32 Å². The molecule has 1 fully saturated rings. The van der Waals surface area contributed by atoms with E-state index in [1.165, 1.54) is 11.3 Å². The Morgan fingerprint density at radius 2 is 1.87 bits per heavy atom. The normalized spacial score (nSPS) is 14.6. The van der Waals surface area contributed by atoms with Gasteiger partial charge in [0.05, 0.1) is 11.6 Å². The first-order chi connectivity index (χ1) is 14.7. The number of hydrogen-bond donors (Lipinski definition) is 2. The third kappa shape index (κ3) is 7.11. The lowest BCUT2D eigenvalue weighted by molar-refractivity contribution is 0.0219. The molecule has 3 rings (SSSR count). The lowest BCUT2D eigenvalue weighted by Crippen LogP contribution is -2.42. The Morgan fingerprint density at radius 1 is 1.19 bits per heavy atom. The Morgan fingerprint density at radius 3 is 2.48 bits per heavy atom. The molecule has 0 radical (unpaired) electrons. The van der Waals surface area contributed by atoms with Gasteiger partial charge < -0.3 is 15.0 Å². The highest BCUT2D eigenvalue weighted by molar-refractivity contribution is 8.01. The molecule has 11 heteroatoms. The summed E-state index contributed by atoms with van der Waals surface area (Å²) in [5.41, 5.74) is 0.603. The van der Waals surface area contributed by atoms with Crippen LogP contribution in [0.4, 0.5) is 20.4 Å². The van der Waals surface area contributed by atoms with Gasteiger partial charge in [-0.25, -0.2) is 9.59 Å². The van der Waals surface area contributed by atoms with Gasteiger partial charge >= 0.3 is 12.1 Å². The van der Waals surface area contributed by atoms with Crippen molar-refractivity contribution in [1.29, 1.82) is 5.26 Å². The molecule has 31 heavy (non-hydrogen) atoms. The maximum Gasteiger partial charge on any atom is 0.410 e. The minimum Gasteiger partial charge on any atom is -0.444 e. The zero-order valence-corrected chi connectivity index (χ0v) is 19.2. The summed E-state index contributed by atoms with van der Waals surface area (Å²) < 4.78 is 6.19. The van der Waals surface area contributed by atoms with Crippen LogP contribution in [0.2, 0.25) is 0 Å². The molecule has 164 valence electrons. The highest BCUT2D eigenvalue weighted by atomic mass is 32.2. The van der Waals surface area contributed by atoms with Crippen molar-refractivity contribution < 1.29 is 14.3 Å². The largest absolute Gasteiger partial charge is 0.444 e. The van der Waals surface area contributed by atoms with Crippen LogP contribution in [0.15, 0.2) is 28.6 Å². The molecule has 2 N–H and O–H groups in total. The van der Waals surface area contributed by atoms with Crippen LogP contribution >= 0.6 is 23.1 Å². The maximum absolute atomic E-state index is 12.2. The number of aromatic nitrogens is 2. The number of rotatable bonds is 4. The molecular formula is C20H24N6O3S2. The minimum atomic E-state index is -0.495. The number of likely N-dealkylation sites (tertiary alicyclic amines) is 1. The Hall–Kier alpha value is -2.84. The van der Waals surface area contributed by atoms with Crippen molar-refractivity contribution in [3.05, 3.63) is 29.8 Å². The third-order valence-electron chi connectivity index (χ3n) is 4.26. The Labute approximate surface area is 189 Å². The Bertz CT molecular complexity index is 957. The maximum atomic E-state index is 12.2. The quantitative estimate of drug-likeness (QED) is 0.642. The van der Waals surface area contributed by atoms with Gasteiger partial charge in [0.25, 0.3) is 0 Å². The van der Waals surface area contributed by atoms with E-state index >= 15 is 0 Å². The molecule has 0 bridgehead atoms. The van der Waals surface area contributed by atoms with Gasteiger partial charge in [0, 0.05) is 24.0 Å². The summed E-state index contributed by atoms with van der Waals surface area (Å²) in [6, 6.07) is 8.17. The summed E-state index contributed by atoms with van der Waals surface area (Å²) in [4.78, 5) is 26.0. The van der Waals surface area contributed by atoms with Crippen molar-refractivity contribution in [2.24, 2.45) is 0 Å². The lowest BCUT2D eigenvalue weighted by atomic mass is 10.1. The van der Waals surface area contributed by atoms with Crippen molar-refractivity contribution in [1.82, 2.24) is 15.1 Å². The molecule has 0 unspecified atom stereocenters. The van der Waals surface area contributed by atoms with E-state index in [9.17, 15) is 9.59 Å². The van der Waals surface area contributed by atoms with Crippen LogP contribution in [-0.2, 0) is 4.74 Å². The first-order valence-corrected chi connectivity index (χ1v) is 11.5. The zero-order valence-electron chi connectivity index (χ0n) is 17.5. The molecule has 2 aromatic rings. The summed E-state index contributed by atoms with van der Waals surface area (Å²) in [5.74, 6) is 0. The van der Waals surface area contributed by atoms with Crippen LogP contribution in [0.25, 0.3) is 0 Å². The molecule has 0 saturated carbocycles. The average molecular weight is 461 g/mol. The fourth-order valence-corrected chi connectivity index (χ4v) is 4.95. The number of hydrogen-bond acceptors (Lipinski definition) is 8. The van der Waals surface area contributed by atoms with Crippen molar-refractivity contribution in [2.45, 2.75) is 48.8 Å². The van der Waals surface area contributed by atoms with Crippen LogP contribution in [0, 0.1) is 11.3 Å². The van der Waals surface area contributed by atoms with Gasteiger partial charge in [-0.2, -0.15) is 5.26 Å². The predicted molar refractivity (Wildman–Crippen MR) is 120 cm³/mol. The van der Waals surface area contributed by atoms with Crippen molar-refractivity contribution in [3.8, 4) is 6.07 Å². The summed E-state index contributed by atoms with van der Waals surface area (Å²) in [6.07, 6.45) is 1.41. The van der Waals surface area contributed by atoms with E-state index in [1.54, 1.807) is 40.9 Å². The van der Waals surface area contributed by atoms with Crippen LogP contribution in [-0.4, -0.2) is 51.2 Å². The number of carbonyl (C=O) groups excluding carboxylic acids is 2. The number of carbonyl (C=O) groups is 2. The van der Waals surface area contributed by atoms with Gasteiger partial charge in [-0.15, -0.1) is 10.2 Å². The third-order valence-corrected chi connectivity index (χ3v) is 6.52. The number of thioether (sulfide) groups is 1. The van der Waals surface area contributed by atoms with Gasteiger partial charge in [-0.05, 0) is 57.9 Å². The number of benzene rings is 1. The van der Waals surface area contributed by atoms with E-state index in [-0.39, 0.29) is 6.09 Å². The molecule has 1 saturated heterocycles. The number of nitriles is 1. The highest BCUT2D eigenvalue weighted by Gasteiger charge is 2.28. The second-order valence-corrected chi connectivity index (χ2v) is 10.5. The molecule has 1 aromatic heterocycles. The average Bonchev–Trinajstić information content (AvgIpc) is 3.14. The first kappa shape index (κ1) is 22.8. The highest BCUT2D eigenvalue weighted by Crippen LogP contribution is 2.34. The smallest absolute Gasteiger partial charge is 0.410 e. The van der Waals surface area contributed by atoms with Crippen molar-refractivity contribution in [3.63, 3.8) is 0 Å². The number of anilines is 2. The van der Waals surface area contributed by atoms with E-state index in [2.05, 4.69) is 20.8 Å². The molecule has 0 aliphatic carbocycles. The van der Waals surface area contributed by atoms with E-state index in [1.807, 2.05) is 26.8 Å². The molecule has 0 spiro atoms. The first-order valence-electron chi connectivity index (χ1n) is 9.78. The number of urea groups is 1. The van der Waals surface area contributed by atoms with Crippen LogP contribution < -0.4 is 10.6 Å². The summed E-state index contributed by atoms with van der Waals surface area (Å²) in [6.45, 7) is 6.87. The molecular weight excluding hydrogens is 436 g/mol. The van der Waals surface area contributed by atoms with E-state index in [0.29, 0.717) is 34.7 Å². The Kier molecular flexibility index (Phi) is 7.35. The molecule has 2 heterocycles. The van der Waals surface area contributed by atoms with E-state index in [4.69, 9.17) is 10.00 Å². The number of amides is 3. The molecule has 9 nitrogen and oxygen atoms in total. The van der Waals surface area contributed by atoms with E-state index in [0.717, 1.165) is 17.2 Å². The van der Waals surface area contributed by atoms with Gasteiger partial charge in [0.1, 0.15) is 5.60 Å². The predicted octanol–water partition coefficient (Wildman–Crippen LogP) is 4.55. The van der Waals surface area contributed by atoms with Gasteiger partial charge in [-0.1, -0.05) is 23.1 Å². The summed E-state index contributed by atoms with van der Waals surface area (Å²) in [7, 11) is 0. The fraction of sp³-hybridized carbons (Fsp3) is 0.450. The van der Waals surface area contributed by atoms with E-state index < -0.39 is 11.6 Å². The minimum absolute atomic E-state index is 0.272. The van der Waals surface area contributed by atoms with Crippen molar-refractivity contribution in [2.75, 3.05) is 23.7 Å². The lowest BCUT2D eigenvalue weighted by Gasteiger charge is -2.32. The summed E-state index contributed by atoms with van der Waals surface area (Å²) >= 11 is 2.92. The van der Waals surface area contributed by atoms with Crippen LogP contribution in [0.5, 0.6) is 0 Å². The molecule has 1 aromatic carbocycles. The molecule has 0 atom stereocenters. The number of piperidine rings is 1. The standard InChI is InChI=1S/C20H24N6O3S2/c1-20(2,3)29-19(28)26-10-8-15(9-11-26)30-18-25-24-17(31-18)23-16(27)22-14-6-4-13(12-21)5-7-14/h4-7,15H,8-11H2,1-3H3,(H2,22,23,24,27). The number of nitrogens with zero attached hydrogens (tertiary/aromatic N) is 4. The number of ether oxygens (including phenoxy) is 1. The second kappa shape index (κ2) is 9.98. The second-order valence-electron chi connectivity index (χ2n) is 7.93. The molecule has 1 aliphatic heterocycles. The van der Waals surface area contributed by atoms with Gasteiger partial charge in [0.2, 0.25) is 5.13 Å². The molecule has 1 aliphatic rings. The van der Waals surface area contributed by atoms with Gasteiger partial charge in [0.15, 0.2) is 4.34 Å². The number of nitrogens with one attached hydrogen (secondary N) is 2. The van der Waals surface area contributed by atoms with Crippen molar-refractivity contribution >= 4 is 46.0 Å². The monoisotopic (exact) mass is 460 g/mol. The molecule has 3 amide bonds. The SMILES string of the molecule is CC(C)(C)OC(=O)N1CCC(Sc2nnc(NC(=O)Nc3ccc(C#N)cc3)s2)CC1. The van der Waals surface area contributed by atoms with Crippen LogP contribution in [0.1, 0.15) is 39.2 Å². The summed E-state index contributed by atoms with van der Waals surface area (Å²) in [5, 5.41) is 23.1. The van der Waals surface area contributed by atoms with Crippen LogP contribution in [0.3, 0.4) is 0 Å². The Balaban J connectivity index is 1.44.